The molecule has 6 heteroatoms. The zero-order chi connectivity index (χ0) is 19.2. The van der Waals surface area contributed by atoms with Crippen molar-refractivity contribution in [1.29, 1.82) is 0 Å². The van der Waals surface area contributed by atoms with Gasteiger partial charge in [0.1, 0.15) is 5.82 Å². The van der Waals surface area contributed by atoms with Crippen LogP contribution >= 0.6 is 0 Å². The van der Waals surface area contributed by atoms with Crippen molar-refractivity contribution in [3.05, 3.63) is 35.6 Å². The van der Waals surface area contributed by atoms with Gasteiger partial charge in [0.05, 0.1) is 6.04 Å². The molecule has 1 saturated carbocycles. The summed E-state index contributed by atoms with van der Waals surface area (Å²) < 4.78 is 13.4. The van der Waals surface area contributed by atoms with E-state index in [0.29, 0.717) is 12.5 Å². The lowest BCUT2D eigenvalue weighted by atomic mass is 9.81. The first kappa shape index (κ1) is 20.2. The number of piperazine rings is 1. The van der Waals surface area contributed by atoms with Crippen LogP contribution in [0.3, 0.4) is 0 Å². The van der Waals surface area contributed by atoms with Gasteiger partial charge in [-0.3, -0.25) is 9.69 Å². The van der Waals surface area contributed by atoms with Gasteiger partial charge in [-0.25, -0.2) is 4.39 Å². The van der Waals surface area contributed by atoms with E-state index in [4.69, 9.17) is 5.73 Å². The molecule has 2 fully saturated rings. The number of halogens is 1. The molecule has 1 unspecified atom stereocenters. The van der Waals surface area contributed by atoms with Crippen molar-refractivity contribution in [2.24, 2.45) is 17.6 Å². The molecule has 1 aliphatic carbocycles. The van der Waals surface area contributed by atoms with Crippen LogP contribution in [0.1, 0.15) is 37.3 Å². The topological polar surface area (TPSA) is 61.6 Å². The molecule has 3 N–H and O–H groups in total. The van der Waals surface area contributed by atoms with E-state index in [1.54, 1.807) is 0 Å². The lowest BCUT2D eigenvalue weighted by Gasteiger charge is -2.38. The van der Waals surface area contributed by atoms with Crippen molar-refractivity contribution in [2.75, 3.05) is 46.3 Å². The summed E-state index contributed by atoms with van der Waals surface area (Å²) in [6.45, 7) is 5.23. The molecular formula is C21H33FN4O. The third kappa shape index (κ3) is 5.50. The molecular weight excluding hydrogens is 343 g/mol. The van der Waals surface area contributed by atoms with Gasteiger partial charge < -0.3 is 16.0 Å². The maximum absolute atomic E-state index is 13.4. The molecule has 5 nitrogen and oxygen atoms in total. The number of amides is 1. The van der Waals surface area contributed by atoms with Crippen molar-refractivity contribution in [3.63, 3.8) is 0 Å². The van der Waals surface area contributed by atoms with Crippen LogP contribution in [-0.2, 0) is 4.79 Å². The fourth-order valence-corrected chi connectivity index (χ4v) is 4.28. The summed E-state index contributed by atoms with van der Waals surface area (Å²) in [6, 6.07) is 6.79. The quantitative estimate of drug-likeness (QED) is 0.797. The monoisotopic (exact) mass is 376 g/mol. The highest BCUT2D eigenvalue weighted by Crippen LogP contribution is 2.28. The third-order valence-corrected chi connectivity index (χ3v) is 6.25. The van der Waals surface area contributed by atoms with E-state index >= 15 is 0 Å². The van der Waals surface area contributed by atoms with E-state index in [1.165, 1.54) is 12.1 Å². The fourth-order valence-electron chi connectivity index (χ4n) is 4.28. The first-order valence-electron chi connectivity index (χ1n) is 10.2. The highest BCUT2D eigenvalue weighted by Gasteiger charge is 2.28. The maximum Gasteiger partial charge on any atom is 0.223 e. The molecule has 3 rings (SSSR count). The highest BCUT2D eigenvalue weighted by molar-refractivity contribution is 5.78. The molecule has 1 atom stereocenters. The van der Waals surface area contributed by atoms with Gasteiger partial charge in [-0.15, -0.1) is 0 Å². The maximum atomic E-state index is 13.4. The van der Waals surface area contributed by atoms with E-state index < -0.39 is 0 Å². The number of nitrogens with one attached hydrogen (secondary N) is 1. The molecule has 0 radical (unpaired) electrons. The molecule has 1 aromatic rings. The Labute approximate surface area is 162 Å². The molecule has 0 bridgehead atoms. The van der Waals surface area contributed by atoms with Gasteiger partial charge in [0.15, 0.2) is 0 Å². The van der Waals surface area contributed by atoms with Crippen molar-refractivity contribution in [2.45, 2.75) is 31.7 Å². The zero-order valence-electron chi connectivity index (χ0n) is 16.4. The Morgan fingerprint density at radius 3 is 2.37 bits per heavy atom. The summed E-state index contributed by atoms with van der Waals surface area (Å²) in [4.78, 5) is 17.4. The van der Waals surface area contributed by atoms with Gasteiger partial charge in [0, 0.05) is 38.6 Å². The summed E-state index contributed by atoms with van der Waals surface area (Å²) in [5.74, 6) is 0.615. The van der Waals surface area contributed by atoms with Crippen molar-refractivity contribution in [3.8, 4) is 0 Å². The number of likely N-dealkylation sites (N-methyl/N-ethyl adjacent to an activating group) is 1. The smallest absolute Gasteiger partial charge is 0.223 e. The molecule has 0 spiro atoms. The van der Waals surface area contributed by atoms with Gasteiger partial charge in [-0.2, -0.15) is 0 Å². The van der Waals surface area contributed by atoms with E-state index in [-0.39, 0.29) is 23.7 Å². The van der Waals surface area contributed by atoms with Crippen LogP contribution in [-0.4, -0.2) is 62.0 Å². The Morgan fingerprint density at radius 1 is 1.15 bits per heavy atom. The number of nitrogens with two attached hydrogens (primary N) is 1. The lowest BCUT2D eigenvalue weighted by Crippen LogP contribution is -2.49. The molecule has 0 aromatic heterocycles. The van der Waals surface area contributed by atoms with Crippen LogP contribution in [0.5, 0.6) is 0 Å². The standard InChI is InChI=1S/C21H33FN4O/c1-25-10-12-26(13-11-25)20(17-6-8-19(22)9-7-17)15-24-21(27)18-4-2-16(14-23)3-5-18/h6-9,16,18,20H,2-5,10-15,23H2,1H3,(H,24,27). The van der Waals surface area contributed by atoms with Crippen molar-refractivity contribution >= 4 is 5.91 Å². The highest BCUT2D eigenvalue weighted by atomic mass is 19.1. The van der Waals surface area contributed by atoms with Crippen LogP contribution < -0.4 is 11.1 Å². The average Bonchev–Trinajstić information content (AvgIpc) is 2.70. The van der Waals surface area contributed by atoms with Crippen LogP contribution in [0.15, 0.2) is 24.3 Å². The molecule has 1 amide bonds. The minimum Gasteiger partial charge on any atom is -0.354 e. The Bertz CT molecular complexity index is 593. The normalized spacial score (nSPS) is 25.9. The van der Waals surface area contributed by atoms with Crippen LogP contribution in [0.4, 0.5) is 4.39 Å². The molecule has 150 valence electrons. The molecule has 2 aliphatic rings. The minimum absolute atomic E-state index is 0.0867. The zero-order valence-corrected chi connectivity index (χ0v) is 16.4. The van der Waals surface area contributed by atoms with Crippen LogP contribution in [0.2, 0.25) is 0 Å². The Morgan fingerprint density at radius 2 is 1.78 bits per heavy atom. The van der Waals surface area contributed by atoms with Crippen LogP contribution in [0, 0.1) is 17.7 Å². The van der Waals surface area contributed by atoms with Gasteiger partial charge in [-0.1, -0.05) is 12.1 Å². The van der Waals surface area contributed by atoms with E-state index in [1.807, 2.05) is 12.1 Å². The average molecular weight is 377 g/mol. The SMILES string of the molecule is CN1CCN(C(CNC(=O)C2CCC(CN)CC2)c2ccc(F)cc2)CC1. The number of benzene rings is 1. The Balaban J connectivity index is 1.61. The number of carbonyl (C=O) groups is 1. The second-order valence-electron chi connectivity index (χ2n) is 8.11. The molecule has 1 heterocycles. The van der Waals surface area contributed by atoms with E-state index in [2.05, 4.69) is 22.2 Å². The van der Waals surface area contributed by atoms with E-state index in [9.17, 15) is 9.18 Å². The van der Waals surface area contributed by atoms with Crippen molar-refractivity contribution < 1.29 is 9.18 Å². The summed E-state index contributed by atoms with van der Waals surface area (Å²) in [7, 11) is 2.13. The molecule has 1 aromatic carbocycles. The predicted molar refractivity (Wildman–Crippen MR) is 106 cm³/mol. The van der Waals surface area contributed by atoms with Gasteiger partial charge in [0.2, 0.25) is 5.91 Å². The second-order valence-corrected chi connectivity index (χ2v) is 8.11. The summed E-state index contributed by atoms with van der Waals surface area (Å²) in [6.07, 6.45) is 3.97. The first-order valence-corrected chi connectivity index (χ1v) is 10.2. The first-order chi connectivity index (χ1) is 13.1. The number of hydrogen-bond donors (Lipinski definition) is 2. The minimum atomic E-state index is -0.225. The Kier molecular flexibility index (Phi) is 7.21. The van der Waals surface area contributed by atoms with Crippen LogP contribution in [0.25, 0.3) is 0 Å². The second kappa shape index (κ2) is 9.62. The molecule has 1 aliphatic heterocycles. The third-order valence-electron chi connectivity index (χ3n) is 6.25. The number of nitrogens with zero attached hydrogens (tertiary/aromatic N) is 2. The molecule has 27 heavy (non-hydrogen) atoms. The van der Waals surface area contributed by atoms with Gasteiger partial charge >= 0.3 is 0 Å². The fraction of sp³-hybridized carbons (Fsp3) is 0.667. The lowest BCUT2D eigenvalue weighted by molar-refractivity contribution is -0.126. The summed E-state index contributed by atoms with van der Waals surface area (Å²) in [5, 5.41) is 3.19. The summed E-state index contributed by atoms with van der Waals surface area (Å²) in [5.41, 5.74) is 6.82. The van der Waals surface area contributed by atoms with E-state index in [0.717, 1.165) is 64.0 Å². The number of rotatable bonds is 6. The number of carbonyl (C=O) groups excluding carboxylic acids is 1. The predicted octanol–water partition coefficient (Wildman–Crippen LogP) is 2.00. The summed E-state index contributed by atoms with van der Waals surface area (Å²) >= 11 is 0. The largest absolute Gasteiger partial charge is 0.354 e. The van der Waals surface area contributed by atoms with Gasteiger partial charge in [-0.05, 0) is 62.9 Å². The molecule has 1 saturated heterocycles. The van der Waals surface area contributed by atoms with Gasteiger partial charge in [0.25, 0.3) is 0 Å². The van der Waals surface area contributed by atoms with Crippen molar-refractivity contribution in [1.82, 2.24) is 15.1 Å². The Hall–Kier alpha value is -1.50. The number of hydrogen-bond acceptors (Lipinski definition) is 4.